The molecule has 0 bridgehead atoms. The Morgan fingerprint density at radius 2 is 2.17 bits per heavy atom. The Labute approximate surface area is 73.3 Å². The van der Waals surface area contributed by atoms with Crippen LogP contribution in [0.25, 0.3) is 0 Å². The molecule has 0 aliphatic carbocycles. The summed E-state index contributed by atoms with van der Waals surface area (Å²) in [6.07, 6.45) is 3.41. The van der Waals surface area contributed by atoms with Crippen molar-refractivity contribution in [2.45, 2.75) is 25.7 Å². The zero-order valence-corrected chi connectivity index (χ0v) is 7.54. The highest BCUT2D eigenvalue weighted by molar-refractivity contribution is 4.72. The van der Waals surface area contributed by atoms with Crippen LogP contribution in [0.5, 0.6) is 0 Å². The van der Waals surface area contributed by atoms with Crippen molar-refractivity contribution in [1.82, 2.24) is 0 Å². The smallest absolute Gasteiger partial charge is 0.283 e. The van der Waals surface area contributed by atoms with E-state index in [2.05, 4.69) is 6.58 Å². The molecule has 1 rings (SSSR count). The molecule has 1 fully saturated rings. The van der Waals surface area contributed by atoms with Gasteiger partial charge in [-0.2, -0.15) is 0 Å². The fourth-order valence-electron chi connectivity index (χ4n) is 1.23. The first-order valence-electron chi connectivity index (χ1n) is 4.36. The third kappa shape index (κ3) is 2.30. The number of allylic oxidation sites excluding steroid dienone is 1. The summed E-state index contributed by atoms with van der Waals surface area (Å²) in [5.74, 6) is -0.775. The first kappa shape index (κ1) is 9.71. The molecule has 70 valence electrons. The Hall–Kier alpha value is -0.380. The maximum absolute atomic E-state index is 5.40. The predicted octanol–water partition coefficient (Wildman–Crippen LogP) is 1.69. The van der Waals surface area contributed by atoms with Gasteiger partial charge in [0, 0.05) is 13.0 Å². The van der Waals surface area contributed by atoms with Gasteiger partial charge in [-0.15, -0.1) is 6.58 Å². The first-order chi connectivity index (χ1) is 5.83. The van der Waals surface area contributed by atoms with Gasteiger partial charge in [-0.1, -0.05) is 6.08 Å². The third-order valence-electron chi connectivity index (χ3n) is 1.75. The fourth-order valence-corrected chi connectivity index (χ4v) is 1.23. The largest absolute Gasteiger partial charge is 0.328 e. The summed E-state index contributed by atoms with van der Waals surface area (Å²) in [6.45, 7) is 7.43. The highest BCUT2D eigenvalue weighted by Gasteiger charge is 2.36. The minimum atomic E-state index is -0.775. The molecular formula is C9H16O3. The van der Waals surface area contributed by atoms with Crippen LogP contribution in [0.1, 0.15) is 19.8 Å². The molecular weight excluding hydrogens is 156 g/mol. The molecule has 0 aromatic carbocycles. The molecule has 1 heterocycles. The van der Waals surface area contributed by atoms with Crippen LogP contribution < -0.4 is 0 Å². The van der Waals surface area contributed by atoms with Crippen molar-refractivity contribution in [2.75, 3.05) is 19.8 Å². The molecule has 1 aliphatic heterocycles. The van der Waals surface area contributed by atoms with Crippen LogP contribution in [-0.4, -0.2) is 25.8 Å². The Morgan fingerprint density at radius 3 is 2.67 bits per heavy atom. The van der Waals surface area contributed by atoms with E-state index in [0.717, 1.165) is 12.8 Å². The standard InChI is InChI=1S/C9H16O3/c1-3-5-6-9(10-4-2)11-7-8-12-9/h3H,1,4-8H2,2H3. The highest BCUT2D eigenvalue weighted by atomic mass is 16.9. The molecule has 3 heteroatoms. The maximum atomic E-state index is 5.40. The summed E-state index contributed by atoms with van der Waals surface area (Å²) in [4.78, 5) is 0. The molecule has 0 N–H and O–H groups in total. The van der Waals surface area contributed by atoms with Gasteiger partial charge >= 0.3 is 0 Å². The SMILES string of the molecule is C=CCCC1(OCC)OCCO1. The summed E-state index contributed by atoms with van der Waals surface area (Å²) in [5.41, 5.74) is 0. The molecule has 12 heavy (non-hydrogen) atoms. The number of hydrogen-bond acceptors (Lipinski definition) is 3. The monoisotopic (exact) mass is 172 g/mol. The van der Waals surface area contributed by atoms with Gasteiger partial charge in [0.15, 0.2) is 0 Å². The molecule has 0 unspecified atom stereocenters. The zero-order valence-electron chi connectivity index (χ0n) is 7.54. The molecule has 0 saturated carbocycles. The first-order valence-corrected chi connectivity index (χ1v) is 4.36. The van der Waals surface area contributed by atoms with E-state index in [1.165, 1.54) is 0 Å². The van der Waals surface area contributed by atoms with Crippen LogP contribution >= 0.6 is 0 Å². The second-order valence-electron chi connectivity index (χ2n) is 2.64. The zero-order chi connectivity index (χ0) is 8.86. The van der Waals surface area contributed by atoms with Crippen molar-refractivity contribution in [3.63, 3.8) is 0 Å². The molecule has 0 aromatic heterocycles. The van der Waals surface area contributed by atoms with Crippen LogP contribution in [0.15, 0.2) is 12.7 Å². The van der Waals surface area contributed by atoms with Gasteiger partial charge in [0.25, 0.3) is 5.97 Å². The molecule has 0 atom stereocenters. The Kier molecular flexibility index (Phi) is 3.72. The maximum Gasteiger partial charge on any atom is 0.283 e. The summed E-state index contributed by atoms with van der Waals surface area (Å²) >= 11 is 0. The molecule has 0 radical (unpaired) electrons. The van der Waals surface area contributed by atoms with Crippen molar-refractivity contribution < 1.29 is 14.2 Å². The van der Waals surface area contributed by atoms with Gasteiger partial charge in [0.05, 0.1) is 13.2 Å². The van der Waals surface area contributed by atoms with Crippen LogP contribution in [0.4, 0.5) is 0 Å². The van der Waals surface area contributed by atoms with Crippen molar-refractivity contribution in [3.8, 4) is 0 Å². The Morgan fingerprint density at radius 1 is 1.50 bits per heavy atom. The second-order valence-corrected chi connectivity index (χ2v) is 2.64. The summed E-state index contributed by atoms with van der Waals surface area (Å²) in [7, 11) is 0. The lowest BCUT2D eigenvalue weighted by Gasteiger charge is -2.25. The minimum absolute atomic E-state index is 0.608. The number of hydrogen-bond donors (Lipinski definition) is 0. The number of ether oxygens (including phenoxy) is 3. The van der Waals surface area contributed by atoms with Crippen molar-refractivity contribution in [3.05, 3.63) is 12.7 Å². The molecule has 3 nitrogen and oxygen atoms in total. The van der Waals surface area contributed by atoms with E-state index in [4.69, 9.17) is 14.2 Å². The molecule has 0 aromatic rings. The lowest BCUT2D eigenvalue weighted by molar-refractivity contribution is -0.331. The van der Waals surface area contributed by atoms with Gasteiger partial charge in [-0.25, -0.2) is 0 Å². The lowest BCUT2D eigenvalue weighted by Crippen LogP contribution is -2.33. The summed E-state index contributed by atoms with van der Waals surface area (Å²) in [6, 6.07) is 0. The predicted molar refractivity (Wildman–Crippen MR) is 45.7 cm³/mol. The van der Waals surface area contributed by atoms with Gasteiger partial charge < -0.3 is 14.2 Å². The highest BCUT2D eigenvalue weighted by Crippen LogP contribution is 2.26. The van der Waals surface area contributed by atoms with Gasteiger partial charge in [-0.3, -0.25) is 0 Å². The van der Waals surface area contributed by atoms with Gasteiger partial charge in [-0.05, 0) is 13.3 Å². The summed E-state index contributed by atoms with van der Waals surface area (Å²) < 4.78 is 16.2. The van der Waals surface area contributed by atoms with Crippen LogP contribution in [-0.2, 0) is 14.2 Å². The molecule has 1 aliphatic rings. The quantitative estimate of drug-likeness (QED) is 0.591. The van der Waals surface area contributed by atoms with E-state index in [1.54, 1.807) is 0 Å². The van der Waals surface area contributed by atoms with Crippen LogP contribution in [0.3, 0.4) is 0 Å². The molecule has 1 saturated heterocycles. The van der Waals surface area contributed by atoms with E-state index in [-0.39, 0.29) is 0 Å². The minimum Gasteiger partial charge on any atom is -0.328 e. The number of rotatable bonds is 5. The van der Waals surface area contributed by atoms with Crippen LogP contribution in [0, 0.1) is 0 Å². The fraction of sp³-hybridized carbons (Fsp3) is 0.778. The lowest BCUT2D eigenvalue weighted by atomic mass is 10.2. The van der Waals surface area contributed by atoms with E-state index >= 15 is 0 Å². The topological polar surface area (TPSA) is 27.7 Å². The normalized spacial score (nSPS) is 21.1. The van der Waals surface area contributed by atoms with Crippen LogP contribution in [0.2, 0.25) is 0 Å². The third-order valence-corrected chi connectivity index (χ3v) is 1.75. The van der Waals surface area contributed by atoms with E-state index in [9.17, 15) is 0 Å². The van der Waals surface area contributed by atoms with E-state index in [1.807, 2.05) is 13.0 Å². The summed E-state index contributed by atoms with van der Waals surface area (Å²) in [5, 5.41) is 0. The average molecular weight is 172 g/mol. The van der Waals surface area contributed by atoms with E-state index in [0.29, 0.717) is 19.8 Å². The molecule has 0 spiro atoms. The van der Waals surface area contributed by atoms with Crippen molar-refractivity contribution >= 4 is 0 Å². The Balaban J connectivity index is 2.40. The van der Waals surface area contributed by atoms with E-state index < -0.39 is 5.97 Å². The molecule has 0 amide bonds. The van der Waals surface area contributed by atoms with Crippen molar-refractivity contribution in [1.29, 1.82) is 0 Å². The van der Waals surface area contributed by atoms with Gasteiger partial charge in [0.1, 0.15) is 0 Å². The van der Waals surface area contributed by atoms with Gasteiger partial charge in [0.2, 0.25) is 0 Å². The Bertz CT molecular complexity index is 139. The second kappa shape index (κ2) is 4.60. The average Bonchev–Trinajstić information content (AvgIpc) is 2.51. The van der Waals surface area contributed by atoms with Crippen molar-refractivity contribution in [2.24, 2.45) is 0 Å².